The Labute approximate surface area is 162 Å². The van der Waals surface area contributed by atoms with Gasteiger partial charge in [-0.3, -0.25) is 4.79 Å². The van der Waals surface area contributed by atoms with Gasteiger partial charge in [-0.25, -0.2) is 0 Å². The molecule has 0 aliphatic rings. The average Bonchev–Trinajstić information content (AvgIpc) is 3.20. The van der Waals surface area contributed by atoms with Gasteiger partial charge in [0, 0.05) is 15.3 Å². The molecule has 0 fully saturated rings. The lowest BCUT2D eigenvalue weighted by Crippen LogP contribution is -2.22. The van der Waals surface area contributed by atoms with Crippen LogP contribution in [0, 0.1) is 0 Å². The Kier molecular flexibility index (Phi) is 6.11. The van der Waals surface area contributed by atoms with E-state index in [1.54, 1.807) is 25.3 Å². The van der Waals surface area contributed by atoms with E-state index in [2.05, 4.69) is 5.32 Å². The van der Waals surface area contributed by atoms with E-state index in [4.69, 9.17) is 9.47 Å². The number of hydrogen-bond acceptors (Lipinski definition) is 5. The van der Waals surface area contributed by atoms with Gasteiger partial charge in [0.15, 0.2) is 11.5 Å². The highest BCUT2D eigenvalue weighted by molar-refractivity contribution is 7.12. The van der Waals surface area contributed by atoms with E-state index in [0.717, 1.165) is 15.3 Å². The second-order valence-corrected chi connectivity index (χ2v) is 7.07. The van der Waals surface area contributed by atoms with Crippen LogP contribution in [0.4, 0.5) is 0 Å². The van der Waals surface area contributed by atoms with Crippen molar-refractivity contribution in [1.29, 1.82) is 0 Å². The molecule has 27 heavy (non-hydrogen) atoms. The fraction of sp³-hybridized carbons (Fsp3) is 0.190. The Hall–Kier alpha value is -2.83. The summed E-state index contributed by atoms with van der Waals surface area (Å²) in [6.07, 6.45) is -0.661. The second-order valence-electron chi connectivity index (χ2n) is 5.87. The number of thiophene rings is 1. The van der Waals surface area contributed by atoms with Crippen LogP contribution in [0.1, 0.15) is 31.8 Å². The molecule has 0 aliphatic carbocycles. The van der Waals surface area contributed by atoms with Gasteiger partial charge in [0.25, 0.3) is 5.91 Å². The molecular weight excluding hydrogens is 362 g/mol. The van der Waals surface area contributed by atoms with Crippen LogP contribution in [0.15, 0.2) is 60.7 Å². The zero-order chi connectivity index (χ0) is 19.2. The van der Waals surface area contributed by atoms with Gasteiger partial charge in [0.1, 0.15) is 6.10 Å². The maximum absolute atomic E-state index is 12.4. The number of carbonyl (C=O) groups is 1. The number of carbonyl (C=O) groups excluding carboxylic acids is 1. The molecule has 0 aliphatic heterocycles. The highest BCUT2D eigenvalue weighted by atomic mass is 32.1. The zero-order valence-corrected chi connectivity index (χ0v) is 16.0. The molecule has 0 spiro atoms. The summed E-state index contributed by atoms with van der Waals surface area (Å²) in [5.74, 6) is 0.885. The molecule has 1 amide bonds. The predicted octanol–water partition coefficient (Wildman–Crippen LogP) is 3.78. The minimum absolute atomic E-state index is 0.200. The van der Waals surface area contributed by atoms with Crippen molar-refractivity contribution in [3.63, 3.8) is 0 Å². The molecule has 1 aromatic heterocycles. The minimum Gasteiger partial charge on any atom is -0.493 e. The van der Waals surface area contributed by atoms with Crippen LogP contribution in [0.3, 0.4) is 0 Å². The zero-order valence-electron chi connectivity index (χ0n) is 15.1. The highest BCUT2D eigenvalue weighted by Crippen LogP contribution is 2.29. The first-order chi connectivity index (χ1) is 13.1. The summed E-state index contributed by atoms with van der Waals surface area (Å²) in [6.45, 7) is 0.388. The third-order valence-electron chi connectivity index (χ3n) is 4.14. The number of hydrogen-bond donors (Lipinski definition) is 2. The Balaban J connectivity index is 1.64. The van der Waals surface area contributed by atoms with E-state index in [0.29, 0.717) is 23.6 Å². The summed E-state index contributed by atoms with van der Waals surface area (Å²) in [6, 6.07) is 18.3. The Morgan fingerprint density at radius 2 is 1.78 bits per heavy atom. The molecule has 0 radical (unpaired) electrons. The van der Waals surface area contributed by atoms with Crippen molar-refractivity contribution in [3.05, 3.63) is 81.5 Å². The van der Waals surface area contributed by atoms with E-state index < -0.39 is 6.10 Å². The summed E-state index contributed by atoms with van der Waals surface area (Å²) < 4.78 is 10.4. The van der Waals surface area contributed by atoms with Crippen molar-refractivity contribution in [2.75, 3.05) is 14.2 Å². The molecule has 140 valence electrons. The third kappa shape index (κ3) is 4.48. The maximum atomic E-state index is 12.4. The fourth-order valence-electron chi connectivity index (χ4n) is 2.68. The topological polar surface area (TPSA) is 67.8 Å². The first-order valence-corrected chi connectivity index (χ1v) is 9.26. The summed E-state index contributed by atoms with van der Waals surface area (Å²) in [4.78, 5) is 14.2. The number of benzene rings is 2. The van der Waals surface area contributed by atoms with Crippen molar-refractivity contribution in [1.82, 2.24) is 5.32 Å². The second kappa shape index (κ2) is 8.70. The molecule has 0 bridgehead atoms. The molecule has 3 aromatic rings. The van der Waals surface area contributed by atoms with E-state index in [-0.39, 0.29) is 5.91 Å². The first kappa shape index (κ1) is 18.9. The Morgan fingerprint density at radius 3 is 2.48 bits per heavy atom. The maximum Gasteiger partial charge on any atom is 0.251 e. The van der Waals surface area contributed by atoms with Gasteiger partial charge in [-0.2, -0.15) is 0 Å². The Morgan fingerprint density at radius 1 is 1.04 bits per heavy atom. The molecule has 5 nitrogen and oxygen atoms in total. The summed E-state index contributed by atoms with van der Waals surface area (Å²) >= 11 is 1.48. The summed E-state index contributed by atoms with van der Waals surface area (Å²) in [5.41, 5.74) is 1.34. The molecule has 2 N–H and O–H groups in total. The van der Waals surface area contributed by atoms with E-state index in [1.165, 1.54) is 18.4 Å². The smallest absolute Gasteiger partial charge is 0.251 e. The lowest BCUT2D eigenvalue weighted by Gasteiger charge is -2.10. The molecular formula is C21H21NO4S. The highest BCUT2D eigenvalue weighted by Gasteiger charge is 2.14. The van der Waals surface area contributed by atoms with Gasteiger partial charge < -0.3 is 19.9 Å². The van der Waals surface area contributed by atoms with Crippen molar-refractivity contribution >= 4 is 17.2 Å². The number of rotatable bonds is 7. The first-order valence-electron chi connectivity index (χ1n) is 8.44. The molecule has 3 rings (SSSR count). The standard InChI is InChI=1S/C21H21NO4S/c1-25-17-10-8-15(12-18(17)26-2)21(24)22-13-16-9-11-19(27-16)20(23)14-6-4-3-5-7-14/h3-12,20,23H,13H2,1-2H3,(H,22,24)/t20-/m0/s1. The number of aliphatic hydroxyl groups is 1. The van der Waals surface area contributed by atoms with Crippen molar-refractivity contribution in [2.24, 2.45) is 0 Å². The monoisotopic (exact) mass is 383 g/mol. The van der Waals surface area contributed by atoms with Gasteiger partial charge in [-0.15, -0.1) is 11.3 Å². The number of aliphatic hydroxyl groups excluding tert-OH is 1. The van der Waals surface area contributed by atoms with E-state index in [9.17, 15) is 9.90 Å². The normalized spacial score (nSPS) is 11.7. The molecule has 1 heterocycles. The van der Waals surface area contributed by atoms with Gasteiger partial charge >= 0.3 is 0 Å². The van der Waals surface area contributed by atoms with Crippen molar-refractivity contribution < 1.29 is 19.4 Å². The number of ether oxygens (including phenoxy) is 2. The summed E-state index contributed by atoms with van der Waals surface area (Å²) in [7, 11) is 3.08. The van der Waals surface area contributed by atoms with Crippen molar-refractivity contribution in [3.8, 4) is 11.5 Å². The van der Waals surface area contributed by atoms with Crippen LogP contribution in [-0.4, -0.2) is 25.2 Å². The van der Waals surface area contributed by atoms with Crippen molar-refractivity contribution in [2.45, 2.75) is 12.6 Å². The van der Waals surface area contributed by atoms with E-state index >= 15 is 0 Å². The van der Waals surface area contributed by atoms with Gasteiger partial charge in [0.2, 0.25) is 0 Å². The molecule has 2 aromatic carbocycles. The quantitative estimate of drug-likeness (QED) is 0.652. The molecule has 0 saturated carbocycles. The Bertz CT molecular complexity index is 908. The largest absolute Gasteiger partial charge is 0.493 e. The van der Waals surface area contributed by atoms with Gasteiger partial charge in [0.05, 0.1) is 20.8 Å². The van der Waals surface area contributed by atoms with Crippen LogP contribution < -0.4 is 14.8 Å². The third-order valence-corrected chi connectivity index (χ3v) is 5.27. The van der Waals surface area contributed by atoms with Gasteiger partial charge in [-0.05, 0) is 35.9 Å². The minimum atomic E-state index is -0.661. The number of amides is 1. The van der Waals surface area contributed by atoms with Crippen LogP contribution in [0.5, 0.6) is 11.5 Å². The lowest BCUT2D eigenvalue weighted by atomic mass is 10.1. The van der Waals surface area contributed by atoms with Crippen LogP contribution >= 0.6 is 11.3 Å². The van der Waals surface area contributed by atoms with Gasteiger partial charge in [-0.1, -0.05) is 30.3 Å². The molecule has 6 heteroatoms. The van der Waals surface area contributed by atoms with E-state index in [1.807, 2.05) is 42.5 Å². The molecule has 0 saturated heterocycles. The number of methoxy groups -OCH3 is 2. The lowest BCUT2D eigenvalue weighted by molar-refractivity contribution is 0.0951. The van der Waals surface area contributed by atoms with Crippen LogP contribution in [0.25, 0.3) is 0 Å². The SMILES string of the molecule is COc1ccc(C(=O)NCc2ccc([C@@H](O)c3ccccc3)s2)cc1OC. The molecule has 0 unspecified atom stereocenters. The fourth-order valence-corrected chi connectivity index (χ4v) is 3.65. The van der Waals surface area contributed by atoms with Crippen LogP contribution in [-0.2, 0) is 6.54 Å². The predicted molar refractivity (Wildman–Crippen MR) is 106 cm³/mol. The summed E-state index contributed by atoms with van der Waals surface area (Å²) in [5, 5.41) is 13.4. The van der Waals surface area contributed by atoms with Crippen LogP contribution in [0.2, 0.25) is 0 Å². The molecule has 1 atom stereocenters. The number of nitrogens with one attached hydrogen (secondary N) is 1. The average molecular weight is 383 g/mol.